The van der Waals surface area contributed by atoms with Crippen LogP contribution in [0, 0.1) is 13.8 Å². The van der Waals surface area contributed by atoms with Gasteiger partial charge >= 0.3 is 0 Å². The highest BCUT2D eigenvalue weighted by Gasteiger charge is 2.40. The Kier molecular flexibility index (Phi) is 11.8. The first-order chi connectivity index (χ1) is 29.9. The number of hydrogen-bond acceptors (Lipinski definition) is 10. The smallest absolute Gasteiger partial charge is 0.269 e. The van der Waals surface area contributed by atoms with Gasteiger partial charge in [-0.25, -0.2) is 9.97 Å². The largest absolute Gasteiger partial charge is 0.476 e. The summed E-state index contributed by atoms with van der Waals surface area (Å²) in [5.41, 5.74) is 4.74. The van der Waals surface area contributed by atoms with Crippen LogP contribution < -0.4 is 35.2 Å². The number of hydrogen-bond donors (Lipinski definition) is 3. The molecular weight excluding hydrogens is 823 g/mol. The fourth-order valence-electron chi connectivity index (χ4n) is 8.92. The Balaban J connectivity index is 1.00. The Morgan fingerprint density at radius 1 is 0.726 bits per heavy atom. The molecule has 3 aliphatic rings. The van der Waals surface area contributed by atoms with E-state index < -0.39 is 24.0 Å². The Morgan fingerprint density at radius 2 is 1.23 bits per heavy atom. The lowest BCUT2D eigenvalue weighted by atomic mass is 10.0. The molecule has 4 atom stereocenters. The van der Waals surface area contributed by atoms with Crippen molar-refractivity contribution in [2.45, 2.75) is 63.4 Å². The number of anilines is 4. The zero-order valence-corrected chi connectivity index (χ0v) is 36.7. The molecule has 5 heterocycles. The molecule has 3 saturated heterocycles. The van der Waals surface area contributed by atoms with Crippen molar-refractivity contribution in [1.82, 2.24) is 20.2 Å². The first-order valence-electron chi connectivity index (χ1n) is 21.1. The van der Waals surface area contributed by atoms with Crippen molar-refractivity contribution < 1.29 is 19.1 Å². The van der Waals surface area contributed by atoms with E-state index in [-0.39, 0.29) is 0 Å². The van der Waals surface area contributed by atoms with Crippen molar-refractivity contribution >= 4 is 79.8 Å². The predicted molar refractivity (Wildman–Crippen MR) is 248 cm³/mol. The van der Waals surface area contributed by atoms with Gasteiger partial charge in [-0.1, -0.05) is 23.2 Å². The topological polar surface area (TPSA) is 124 Å². The van der Waals surface area contributed by atoms with Crippen molar-refractivity contribution in [1.29, 1.82) is 0 Å². The van der Waals surface area contributed by atoms with Crippen LogP contribution in [0.2, 0.25) is 10.0 Å². The van der Waals surface area contributed by atoms with Crippen LogP contribution in [0.25, 0.3) is 21.8 Å². The van der Waals surface area contributed by atoms with Crippen molar-refractivity contribution in [3.8, 4) is 11.5 Å². The molecule has 0 saturated carbocycles. The number of halogens is 2. The minimum atomic E-state index is -1.48. The lowest BCUT2D eigenvalue weighted by Crippen LogP contribution is -2.51. The number of carbonyl (C=O) groups is 2. The molecule has 3 aliphatic heterocycles. The minimum Gasteiger partial charge on any atom is -0.476 e. The molecule has 2 amide bonds. The summed E-state index contributed by atoms with van der Waals surface area (Å²) < 4.78 is 12.8. The van der Waals surface area contributed by atoms with E-state index in [2.05, 4.69) is 70.7 Å². The highest BCUT2D eigenvalue weighted by Crippen LogP contribution is 2.33. The number of benzene rings is 4. The Labute approximate surface area is 371 Å². The molecule has 6 aromatic rings. The summed E-state index contributed by atoms with van der Waals surface area (Å²) in [6.07, 6.45) is 0.322. The molecular formula is C48H50Cl2N8O4. The minimum absolute atomic E-state index is 0.318. The van der Waals surface area contributed by atoms with Gasteiger partial charge in [-0.2, -0.15) is 0 Å². The summed E-state index contributed by atoms with van der Waals surface area (Å²) in [5, 5.41) is 12.4. The third kappa shape index (κ3) is 8.96. The predicted octanol–water partition coefficient (Wildman–Crippen LogP) is 8.26. The summed E-state index contributed by atoms with van der Waals surface area (Å²) in [4.78, 5) is 46.3. The van der Waals surface area contributed by atoms with E-state index in [4.69, 9.17) is 42.6 Å². The normalized spacial score (nSPS) is 18.6. The molecule has 3 fully saturated rings. The quantitative estimate of drug-likeness (QED) is 0.111. The van der Waals surface area contributed by atoms with Gasteiger partial charge in [0.15, 0.2) is 0 Å². The molecule has 0 radical (unpaired) electrons. The first kappa shape index (κ1) is 41.7. The summed E-state index contributed by atoms with van der Waals surface area (Å²) in [6.45, 7) is 7.88. The van der Waals surface area contributed by atoms with E-state index in [1.54, 1.807) is 48.5 Å². The number of carbonyl (C=O) groups excluding carboxylic acids is 2. The maximum Gasteiger partial charge on any atom is 0.269 e. The number of aromatic nitrogens is 2. The van der Waals surface area contributed by atoms with E-state index in [9.17, 15) is 9.59 Å². The maximum absolute atomic E-state index is 14.6. The highest BCUT2D eigenvalue weighted by molar-refractivity contribution is 6.30. The molecule has 0 aliphatic carbocycles. The summed E-state index contributed by atoms with van der Waals surface area (Å²) in [5.74, 6) is 1.34. The number of amides is 2. The molecule has 2 bridgehead atoms. The van der Waals surface area contributed by atoms with E-state index in [0.717, 1.165) is 90.0 Å². The number of nitrogens with one attached hydrogen (secondary N) is 3. The first-order valence-corrected chi connectivity index (χ1v) is 21.9. The molecule has 320 valence electrons. The number of aryl methyl sites for hydroxylation is 2. The van der Waals surface area contributed by atoms with Crippen molar-refractivity contribution in [2.75, 3.05) is 60.7 Å². The molecule has 2 aromatic heterocycles. The van der Waals surface area contributed by atoms with Gasteiger partial charge in [0, 0.05) is 76.5 Å². The summed E-state index contributed by atoms with van der Waals surface area (Å²) in [6, 6.07) is 30.1. The van der Waals surface area contributed by atoms with Crippen molar-refractivity contribution in [2.24, 2.45) is 0 Å². The van der Waals surface area contributed by atoms with E-state index in [1.807, 2.05) is 36.4 Å². The summed E-state index contributed by atoms with van der Waals surface area (Å²) in [7, 11) is 4.27. The molecule has 3 N–H and O–H groups in total. The van der Waals surface area contributed by atoms with Gasteiger partial charge < -0.3 is 40.1 Å². The van der Waals surface area contributed by atoms with Crippen LogP contribution in [-0.2, 0) is 9.59 Å². The Hall–Kier alpha value is -5.66. The number of nitrogens with zero attached hydrogens (tertiary/aromatic N) is 5. The van der Waals surface area contributed by atoms with Crippen LogP contribution in [0.1, 0.15) is 30.4 Å². The third-order valence-corrected chi connectivity index (χ3v) is 12.9. The number of piperazine rings is 1. The Morgan fingerprint density at radius 3 is 1.69 bits per heavy atom. The number of fused-ring (bicyclic) bond motifs is 4. The maximum atomic E-state index is 14.6. The molecule has 12 nitrogen and oxygen atoms in total. The molecule has 0 spiro atoms. The van der Waals surface area contributed by atoms with Gasteiger partial charge in [-0.3, -0.25) is 9.59 Å². The van der Waals surface area contributed by atoms with E-state index in [1.165, 1.54) is 0 Å². The van der Waals surface area contributed by atoms with E-state index in [0.29, 0.717) is 51.0 Å². The highest BCUT2D eigenvalue weighted by atomic mass is 35.5. The van der Waals surface area contributed by atoms with Crippen LogP contribution >= 0.6 is 23.2 Å². The van der Waals surface area contributed by atoms with Gasteiger partial charge in [0.2, 0.25) is 12.2 Å². The van der Waals surface area contributed by atoms with Gasteiger partial charge in [0.1, 0.15) is 23.1 Å². The zero-order valence-electron chi connectivity index (χ0n) is 35.2. The lowest BCUT2D eigenvalue weighted by molar-refractivity contribution is -0.136. The van der Waals surface area contributed by atoms with Gasteiger partial charge in [-0.15, -0.1) is 0 Å². The number of ether oxygens (including phenoxy) is 2. The fourth-order valence-corrected chi connectivity index (χ4v) is 9.17. The second-order valence-electron chi connectivity index (χ2n) is 16.9. The third-order valence-electron chi connectivity index (χ3n) is 12.4. The van der Waals surface area contributed by atoms with Crippen LogP contribution in [-0.4, -0.2) is 97.3 Å². The number of rotatable bonds is 12. The standard InChI is InChI=1S/C48H50Cl2N8O4/c1-28-21-43(57-19-17-35(18-20-57)56(3)4)54-41-15-9-32(24-39(28)41)52-47(59)45(61-37-11-5-30(49)6-12-37)46(62-38-13-7-31(50)8-14-38)48(60)53-33-10-16-42-40(25-33)29(2)22-44(55-42)58-27-34-23-36(58)26-51-34/h5-16,21-22,24-25,34-36,45-46,51H,17-20,23,26-27H2,1-4H3,(H,52,59)(H,53,60). The van der Waals surface area contributed by atoms with Crippen LogP contribution in [0.5, 0.6) is 11.5 Å². The second-order valence-corrected chi connectivity index (χ2v) is 17.7. The molecule has 14 heteroatoms. The van der Waals surface area contributed by atoms with Crippen molar-refractivity contribution in [3.05, 3.63) is 118 Å². The van der Waals surface area contributed by atoms with Gasteiger partial charge in [-0.05, 0) is 155 Å². The number of piperidine rings is 1. The van der Waals surface area contributed by atoms with Gasteiger partial charge in [0.25, 0.3) is 11.8 Å². The van der Waals surface area contributed by atoms with Crippen LogP contribution in [0.15, 0.2) is 97.1 Å². The summed E-state index contributed by atoms with van der Waals surface area (Å²) >= 11 is 12.5. The monoisotopic (exact) mass is 872 g/mol. The molecule has 4 aromatic carbocycles. The average molecular weight is 874 g/mol. The SMILES string of the molecule is Cc1cc(N2CCC(N(C)C)CC2)nc2ccc(NC(=O)C(Oc3ccc(Cl)cc3)C(Oc3ccc(Cl)cc3)C(=O)Nc3ccc4nc(N5CC6CC5CN6)cc(C)c4c3)cc12. The zero-order chi connectivity index (χ0) is 43.1. The van der Waals surface area contributed by atoms with Crippen LogP contribution in [0.4, 0.5) is 23.0 Å². The lowest BCUT2D eigenvalue weighted by Gasteiger charge is -2.36. The van der Waals surface area contributed by atoms with Crippen molar-refractivity contribution in [3.63, 3.8) is 0 Å². The fraction of sp³-hybridized carbons (Fsp3) is 0.333. The second kappa shape index (κ2) is 17.6. The number of pyridine rings is 2. The van der Waals surface area contributed by atoms with E-state index >= 15 is 0 Å². The molecule has 9 rings (SSSR count). The molecule has 62 heavy (non-hydrogen) atoms. The molecule has 4 unspecified atom stereocenters. The van der Waals surface area contributed by atoms with Gasteiger partial charge in [0.05, 0.1) is 11.0 Å². The Bertz CT molecular complexity index is 2620. The average Bonchev–Trinajstić information content (AvgIpc) is 3.91. The van der Waals surface area contributed by atoms with Crippen LogP contribution in [0.3, 0.4) is 0 Å².